The van der Waals surface area contributed by atoms with Crippen LogP contribution in [0.5, 0.6) is 0 Å². The molecule has 0 unspecified atom stereocenters. The Balaban J connectivity index is 1.52. The largest absolute Gasteiger partial charge is 0.465 e. The van der Waals surface area contributed by atoms with Crippen LogP contribution in [0, 0.1) is 5.41 Å². The number of likely N-dealkylation sites (tertiary alicyclic amines) is 1. The Morgan fingerprint density at radius 2 is 1.93 bits per heavy atom. The summed E-state index contributed by atoms with van der Waals surface area (Å²) >= 11 is 0. The van der Waals surface area contributed by atoms with Crippen LogP contribution in [0.4, 0.5) is 4.79 Å². The monoisotopic (exact) mass is 383 g/mol. The van der Waals surface area contributed by atoms with E-state index in [0.29, 0.717) is 19.5 Å². The number of rotatable bonds is 5. The molecule has 3 N–H and O–H groups in total. The second-order valence-electron chi connectivity index (χ2n) is 8.03. The number of piperazine rings is 1. The summed E-state index contributed by atoms with van der Waals surface area (Å²) in [6.07, 6.45) is 1.80. The minimum atomic E-state index is -1.14. The first kappa shape index (κ1) is 19.9. The van der Waals surface area contributed by atoms with Crippen molar-refractivity contribution < 1.29 is 29.7 Å². The average molecular weight is 383 g/mol. The van der Waals surface area contributed by atoms with Crippen LogP contribution in [0.15, 0.2) is 0 Å². The summed E-state index contributed by atoms with van der Waals surface area (Å²) in [6, 6.07) is -1.31. The fourth-order valence-electron chi connectivity index (χ4n) is 4.30. The van der Waals surface area contributed by atoms with E-state index in [9.17, 15) is 24.6 Å². The fraction of sp³-hybridized carbons (Fsp3) is 0.833. The van der Waals surface area contributed by atoms with Crippen molar-refractivity contribution in [1.82, 2.24) is 14.7 Å². The third kappa shape index (κ3) is 3.89. The van der Waals surface area contributed by atoms with Gasteiger partial charge in [-0.25, -0.2) is 4.79 Å². The molecule has 3 atom stereocenters. The SMILES string of the molecule is C[C@H]1C(=O)N([C@@H](CO)CCC(=O)N2CCC3(CC3)[C@H](O)C2)CCN1C(=O)O. The predicted molar refractivity (Wildman–Crippen MR) is 94.9 cm³/mol. The molecule has 152 valence electrons. The van der Waals surface area contributed by atoms with Gasteiger partial charge >= 0.3 is 6.09 Å². The minimum Gasteiger partial charge on any atom is -0.465 e. The number of carboxylic acid groups (broad SMARTS) is 1. The number of hydrogen-bond donors (Lipinski definition) is 3. The fourth-order valence-corrected chi connectivity index (χ4v) is 4.30. The molecule has 1 saturated carbocycles. The molecule has 2 saturated heterocycles. The lowest BCUT2D eigenvalue weighted by atomic mass is 9.90. The number of carbonyl (C=O) groups excluding carboxylic acids is 2. The van der Waals surface area contributed by atoms with Gasteiger partial charge in [0, 0.05) is 32.6 Å². The minimum absolute atomic E-state index is 0.0385. The molecule has 0 aromatic carbocycles. The molecule has 2 heterocycles. The van der Waals surface area contributed by atoms with Crippen LogP contribution in [0.3, 0.4) is 0 Å². The van der Waals surface area contributed by atoms with Crippen molar-refractivity contribution in [1.29, 1.82) is 0 Å². The van der Waals surface area contributed by atoms with Gasteiger partial charge in [-0.3, -0.25) is 14.5 Å². The van der Waals surface area contributed by atoms with Crippen LogP contribution in [-0.2, 0) is 9.59 Å². The number of aliphatic hydroxyl groups excluding tert-OH is 2. The maximum Gasteiger partial charge on any atom is 0.408 e. The Bertz CT molecular complexity index is 608. The molecule has 3 rings (SSSR count). The predicted octanol–water partition coefficient (Wildman–Crippen LogP) is -0.288. The standard InChI is InChI=1S/C18H29N3O6/c1-12-16(25)21(9-8-20(12)17(26)27)13(11-22)2-3-15(24)19-7-6-18(4-5-18)14(23)10-19/h12-14,22-23H,2-11H2,1H3,(H,26,27)/t12-,13+,14+/m0/s1. The third-order valence-electron chi connectivity index (χ3n) is 6.50. The Labute approximate surface area is 158 Å². The molecule has 27 heavy (non-hydrogen) atoms. The number of piperidine rings is 1. The topological polar surface area (TPSA) is 122 Å². The van der Waals surface area contributed by atoms with Gasteiger partial charge in [0.15, 0.2) is 0 Å². The van der Waals surface area contributed by atoms with Crippen LogP contribution in [0.25, 0.3) is 0 Å². The Kier molecular flexibility index (Phi) is 5.62. The smallest absolute Gasteiger partial charge is 0.408 e. The lowest BCUT2D eigenvalue weighted by molar-refractivity contribution is -0.145. The number of nitrogens with zero attached hydrogens (tertiary/aromatic N) is 3. The van der Waals surface area contributed by atoms with Gasteiger partial charge in [-0.2, -0.15) is 0 Å². The number of carbonyl (C=O) groups is 3. The molecular weight excluding hydrogens is 354 g/mol. The average Bonchev–Trinajstić information content (AvgIpc) is 3.41. The van der Waals surface area contributed by atoms with Gasteiger partial charge in [-0.15, -0.1) is 0 Å². The quantitative estimate of drug-likeness (QED) is 0.600. The summed E-state index contributed by atoms with van der Waals surface area (Å²) in [5.41, 5.74) is 0.0385. The molecule has 0 bridgehead atoms. The molecule has 3 fully saturated rings. The maximum absolute atomic E-state index is 12.5. The number of β-amino-alcohol motifs (C(OH)–C–C–N with tert-alkyl or cyclic N) is 1. The molecule has 9 heteroatoms. The van der Waals surface area contributed by atoms with Crippen molar-refractivity contribution in [3.05, 3.63) is 0 Å². The van der Waals surface area contributed by atoms with Crippen molar-refractivity contribution >= 4 is 17.9 Å². The summed E-state index contributed by atoms with van der Waals surface area (Å²) < 4.78 is 0. The molecule has 9 nitrogen and oxygen atoms in total. The Hall–Kier alpha value is -1.87. The summed E-state index contributed by atoms with van der Waals surface area (Å²) in [5, 5.41) is 29.1. The van der Waals surface area contributed by atoms with Crippen LogP contribution in [0.1, 0.15) is 39.0 Å². The van der Waals surface area contributed by atoms with Crippen LogP contribution < -0.4 is 0 Å². The highest BCUT2D eigenvalue weighted by molar-refractivity contribution is 5.86. The lowest BCUT2D eigenvalue weighted by Crippen LogP contribution is -2.60. The molecule has 2 aliphatic heterocycles. The second kappa shape index (κ2) is 7.63. The third-order valence-corrected chi connectivity index (χ3v) is 6.50. The zero-order valence-corrected chi connectivity index (χ0v) is 15.7. The first-order valence-corrected chi connectivity index (χ1v) is 9.66. The van der Waals surface area contributed by atoms with Crippen molar-refractivity contribution in [3.63, 3.8) is 0 Å². The molecule has 3 aliphatic rings. The number of amides is 3. The summed E-state index contributed by atoms with van der Waals surface area (Å²) in [6.45, 7) is 2.66. The molecule has 0 radical (unpaired) electrons. The highest BCUT2D eigenvalue weighted by atomic mass is 16.4. The molecule has 1 aliphatic carbocycles. The van der Waals surface area contributed by atoms with E-state index in [-0.39, 0.29) is 43.3 Å². The summed E-state index contributed by atoms with van der Waals surface area (Å²) in [5.74, 6) is -0.424. The van der Waals surface area contributed by atoms with Gasteiger partial charge < -0.3 is 25.1 Å². The van der Waals surface area contributed by atoms with Crippen molar-refractivity contribution in [2.24, 2.45) is 5.41 Å². The van der Waals surface area contributed by atoms with E-state index in [0.717, 1.165) is 24.2 Å². The van der Waals surface area contributed by atoms with Crippen molar-refractivity contribution in [3.8, 4) is 0 Å². The summed E-state index contributed by atoms with van der Waals surface area (Å²) in [4.78, 5) is 40.4. The number of hydrogen-bond acceptors (Lipinski definition) is 5. The Morgan fingerprint density at radius 3 is 2.48 bits per heavy atom. The molecule has 0 aromatic rings. The van der Waals surface area contributed by atoms with Crippen molar-refractivity contribution in [2.75, 3.05) is 32.8 Å². The van der Waals surface area contributed by atoms with Gasteiger partial charge in [0.1, 0.15) is 6.04 Å². The zero-order chi connectivity index (χ0) is 19.8. The molecule has 1 spiro atoms. The van der Waals surface area contributed by atoms with Gasteiger partial charge in [-0.05, 0) is 38.0 Å². The van der Waals surface area contributed by atoms with Crippen molar-refractivity contribution in [2.45, 2.75) is 57.2 Å². The van der Waals surface area contributed by atoms with Crippen LogP contribution in [0.2, 0.25) is 0 Å². The van der Waals surface area contributed by atoms with E-state index in [1.165, 1.54) is 11.8 Å². The zero-order valence-electron chi connectivity index (χ0n) is 15.7. The van der Waals surface area contributed by atoms with E-state index in [1.807, 2.05) is 0 Å². The first-order valence-electron chi connectivity index (χ1n) is 9.66. The summed E-state index contributed by atoms with van der Waals surface area (Å²) in [7, 11) is 0. The van der Waals surface area contributed by atoms with E-state index in [4.69, 9.17) is 5.11 Å². The first-order chi connectivity index (χ1) is 12.8. The van der Waals surface area contributed by atoms with Gasteiger partial charge in [0.2, 0.25) is 11.8 Å². The van der Waals surface area contributed by atoms with E-state index < -0.39 is 24.3 Å². The molecular formula is C18H29N3O6. The Morgan fingerprint density at radius 1 is 1.22 bits per heavy atom. The van der Waals surface area contributed by atoms with E-state index >= 15 is 0 Å². The van der Waals surface area contributed by atoms with E-state index in [1.54, 1.807) is 4.90 Å². The van der Waals surface area contributed by atoms with Crippen LogP contribution in [-0.4, -0.2) is 98.9 Å². The maximum atomic E-state index is 12.5. The van der Waals surface area contributed by atoms with Crippen LogP contribution >= 0.6 is 0 Å². The highest BCUT2D eigenvalue weighted by Gasteiger charge is 2.51. The highest BCUT2D eigenvalue weighted by Crippen LogP contribution is 2.53. The van der Waals surface area contributed by atoms with Gasteiger partial charge in [0.25, 0.3) is 0 Å². The van der Waals surface area contributed by atoms with Gasteiger partial charge in [-0.1, -0.05) is 0 Å². The molecule has 0 aromatic heterocycles. The second-order valence-corrected chi connectivity index (χ2v) is 8.03. The number of aliphatic hydroxyl groups is 2. The van der Waals surface area contributed by atoms with Gasteiger partial charge in [0.05, 0.1) is 18.8 Å². The normalized spacial score (nSPS) is 28.4. The van der Waals surface area contributed by atoms with E-state index in [2.05, 4.69) is 0 Å². The lowest BCUT2D eigenvalue weighted by Gasteiger charge is -2.41. The molecule has 3 amide bonds.